The molecule has 0 amide bonds. The first kappa shape index (κ1) is 64.4. The van der Waals surface area contributed by atoms with Crippen molar-refractivity contribution in [2.24, 2.45) is 0 Å². The number of nitrogens with one attached hydrogen (secondary N) is 6. The van der Waals surface area contributed by atoms with Crippen LogP contribution in [0.15, 0.2) is 105 Å². The third-order valence-corrected chi connectivity index (χ3v) is 11.9. The van der Waals surface area contributed by atoms with Gasteiger partial charge in [-0.1, -0.05) is 24.3 Å². The van der Waals surface area contributed by atoms with Crippen molar-refractivity contribution in [2.75, 3.05) is 58.2 Å². The first-order valence-electron chi connectivity index (χ1n) is 18.4. The van der Waals surface area contributed by atoms with Crippen LogP contribution in [0.3, 0.4) is 0 Å². The molecule has 0 atom stereocenters. The largest absolute Gasteiger partial charge is 1.00 e. The molecule has 4 aromatic carbocycles. The molecular weight excluding hydrogens is 1080 g/mol. The minimum atomic E-state index is -5.24. The standard InChI is InChI=1S/C36H36N12O14S4.2K.2Na/c49-17-15-37-31-43-33(39-23-7-11-27(12-8-23)63(51,52)53)47-35(45-31)41-25-5-3-21(29(19-25)65(57,58)59)1-2-22-4-6-26(20-30(22)66(60,61)62)42-36-46-32(38-16-18-50)44-34(48-36)40-24-9-13-28(14-10-24)64(54,55)56;;;;/h1-14,19-20,49-50H,15-18H2,(H,51,52,53)(H,54,55,56)(H,57,58,59)(H,60,61,62)(H3,37,39,41,43,45,47)(H3,38,40,42,44,46,48);;;;/q;4*+1/p-4. The minimum Gasteiger partial charge on any atom is -0.744 e. The van der Waals surface area contributed by atoms with Crippen LogP contribution in [0.2, 0.25) is 0 Å². The number of hydrogen-bond donors (Lipinski definition) is 8. The van der Waals surface area contributed by atoms with E-state index in [9.17, 15) is 62.1 Å². The zero-order valence-corrected chi connectivity index (χ0v) is 50.7. The molecule has 6 aromatic rings. The fourth-order valence-corrected chi connectivity index (χ4v) is 7.84. The Morgan fingerprint density at radius 2 is 0.686 bits per heavy atom. The molecule has 0 aliphatic rings. The number of aliphatic hydroxyl groups is 2. The van der Waals surface area contributed by atoms with Gasteiger partial charge in [0.1, 0.15) is 40.5 Å². The third-order valence-electron chi connectivity index (χ3n) is 8.38. The van der Waals surface area contributed by atoms with Crippen LogP contribution < -0.4 is 194 Å². The molecule has 6 rings (SSSR count). The van der Waals surface area contributed by atoms with Crippen LogP contribution in [0.4, 0.5) is 58.4 Å². The average Bonchev–Trinajstić information content (AvgIpc) is 3.23. The van der Waals surface area contributed by atoms with Crippen molar-refractivity contribution in [3.63, 3.8) is 0 Å². The van der Waals surface area contributed by atoms with E-state index in [1.165, 1.54) is 48.5 Å². The molecule has 0 unspecified atom stereocenters. The maximum Gasteiger partial charge on any atom is 1.00 e. The summed E-state index contributed by atoms with van der Waals surface area (Å²) in [7, 11) is -19.9. The van der Waals surface area contributed by atoms with E-state index in [-0.39, 0.29) is 258 Å². The van der Waals surface area contributed by atoms with Gasteiger partial charge in [0.05, 0.1) is 32.8 Å². The van der Waals surface area contributed by atoms with Crippen molar-refractivity contribution in [3.8, 4) is 0 Å². The normalized spacial score (nSPS) is 11.5. The molecule has 0 spiro atoms. The maximum atomic E-state index is 12.5. The van der Waals surface area contributed by atoms with Crippen LogP contribution in [0.1, 0.15) is 11.1 Å². The minimum absolute atomic E-state index is 0. The van der Waals surface area contributed by atoms with E-state index in [0.717, 1.165) is 48.6 Å². The molecule has 0 bridgehead atoms. The number of aliphatic hydroxyl groups excluding tert-OH is 2. The van der Waals surface area contributed by atoms with E-state index in [1.807, 2.05) is 0 Å². The van der Waals surface area contributed by atoms with E-state index in [1.54, 1.807) is 0 Å². The predicted octanol–water partition coefficient (Wildman–Crippen LogP) is -10.4. The first-order valence-corrected chi connectivity index (χ1v) is 24.0. The summed E-state index contributed by atoms with van der Waals surface area (Å²) in [6.07, 6.45) is 2.16. The van der Waals surface area contributed by atoms with Crippen LogP contribution in [-0.2, 0) is 40.5 Å². The van der Waals surface area contributed by atoms with Gasteiger partial charge in [-0.25, -0.2) is 33.7 Å². The van der Waals surface area contributed by atoms with Crippen molar-refractivity contribution < 1.29 is 224 Å². The maximum absolute atomic E-state index is 12.5. The van der Waals surface area contributed by atoms with Crippen molar-refractivity contribution in [2.45, 2.75) is 19.6 Å². The summed E-state index contributed by atoms with van der Waals surface area (Å²) in [5, 5.41) is 35.1. The van der Waals surface area contributed by atoms with E-state index in [4.69, 9.17) is 0 Å². The van der Waals surface area contributed by atoms with Crippen molar-refractivity contribution in [3.05, 3.63) is 96.1 Å². The summed E-state index contributed by atoms with van der Waals surface area (Å²) < 4.78 is 143. The summed E-state index contributed by atoms with van der Waals surface area (Å²) >= 11 is 0. The van der Waals surface area contributed by atoms with Crippen molar-refractivity contribution in [1.29, 1.82) is 0 Å². The van der Waals surface area contributed by atoms with Gasteiger partial charge in [0, 0.05) is 35.8 Å². The van der Waals surface area contributed by atoms with E-state index >= 15 is 0 Å². The van der Waals surface area contributed by atoms with Gasteiger partial charge < -0.3 is 60.3 Å². The van der Waals surface area contributed by atoms with Crippen LogP contribution in [0.5, 0.6) is 0 Å². The van der Waals surface area contributed by atoms with Gasteiger partial charge in [0.2, 0.25) is 35.7 Å². The van der Waals surface area contributed by atoms with Gasteiger partial charge in [-0.2, -0.15) is 29.9 Å². The number of hydrogen-bond acceptors (Lipinski definition) is 26. The van der Waals surface area contributed by atoms with Gasteiger partial charge in [-0.05, 0) is 83.9 Å². The number of aromatic nitrogens is 6. The Kier molecular flexibility index (Phi) is 26.0. The van der Waals surface area contributed by atoms with E-state index < -0.39 is 60.1 Å². The fraction of sp³-hybridized carbons (Fsp3) is 0.111. The number of benzene rings is 4. The molecule has 2 aromatic heterocycles. The molecule has 70 heavy (non-hydrogen) atoms. The smallest absolute Gasteiger partial charge is 0.744 e. The predicted molar refractivity (Wildman–Crippen MR) is 230 cm³/mol. The molecule has 26 nitrogen and oxygen atoms in total. The van der Waals surface area contributed by atoms with Gasteiger partial charge in [-0.15, -0.1) is 0 Å². The Morgan fingerprint density at radius 3 is 0.957 bits per heavy atom. The molecular formula is C36H32K2N12Na2O14S4. The number of anilines is 10. The van der Waals surface area contributed by atoms with Crippen LogP contribution in [-0.4, -0.2) is 118 Å². The third kappa shape index (κ3) is 19.2. The van der Waals surface area contributed by atoms with E-state index in [2.05, 4.69) is 61.8 Å². The van der Waals surface area contributed by atoms with Crippen molar-refractivity contribution in [1.82, 2.24) is 29.9 Å². The quantitative estimate of drug-likeness (QED) is 0.0200. The molecule has 0 aliphatic heterocycles. The number of nitrogens with zero attached hydrogens (tertiary/aromatic N) is 6. The Hall–Kier alpha value is -1.73. The summed E-state index contributed by atoms with van der Waals surface area (Å²) in [6.45, 7) is -0.645. The topological polar surface area (TPSA) is 419 Å². The number of rotatable bonds is 20. The Balaban J connectivity index is 0.00000420. The Bertz CT molecular complexity index is 3050. The van der Waals surface area contributed by atoms with Crippen LogP contribution in [0, 0.1) is 0 Å². The van der Waals surface area contributed by atoms with E-state index in [0.29, 0.717) is 0 Å². The molecule has 0 saturated heterocycles. The molecule has 348 valence electrons. The van der Waals surface area contributed by atoms with Gasteiger partial charge in [-0.3, -0.25) is 0 Å². The summed E-state index contributed by atoms with van der Waals surface area (Å²) in [6, 6.07) is 16.2. The molecule has 0 saturated carbocycles. The summed E-state index contributed by atoms with van der Waals surface area (Å²) in [5.41, 5.74) is -0.0172. The zero-order valence-electron chi connectivity index (χ0n) is 37.2. The molecule has 0 fully saturated rings. The summed E-state index contributed by atoms with van der Waals surface area (Å²) in [4.78, 5) is 22.5. The van der Waals surface area contributed by atoms with Crippen LogP contribution >= 0.6 is 0 Å². The van der Waals surface area contributed by atoms with Crippen molar-refractivity contribution >= 4 is 111 Å². The SMILES string of the molecule is O=S(=O)([O-])c1ccc(Nc2nc(NCCO)nc(Nc3ccc(C=Cc4ccc(Nc5nc(NCCO)nc(Nc6ccc(S(=O)(=O)[O-])cc6)n5)cc4S(=O)(=O)[O-])c(S(=O)(=O)[O-])c3)n2)cc1.[K+].[K+].[Na+].[Na+]. The Morgan fingerprint density at radius 1 is 0.414 bits per heavy atom. The second-order valence-corrected chi connectivity index (χ2v) is 18.6. The average molecular weight is 1110 g/mol. The second kappa shape index (κ2) is 28.2. The second-order valence-electron chi connectivity index (χ2n) is 13.1. The van der Waals surface area contributed by atoms with Gasteiger partial charge >= 0.3 is 162 Å². The molecule has 0 aliphatic carbocycles. The molecule has 8 N–H and O–H groups in total. The fourth-order valence-electron chi connectivity index (χ4n) is 5.51. The summed E-state index contributed by atoms with van der Waals surface area (Å²) in [5.74, 6) is -0.856. The van der Waals surface area contributed by atoms with Gasteiger partial charge in [0.25, 0.3) is 0 Å². The molecule has 2 heterocycles. The first-order chi connectivity index (χ1) is 31.1. The molecule has 0 radical (unpaired) electrons. The monoisotopic (exact) mass is 1110 g/mol. The Labute approximate surface area is 530 Å². The van der Waals surface area contributed by atoms with Crippen LogP contribution in [0.25, 0.3) is 12.2 Å². The van der Waals surface area contributed by atoms with Gasteiger partial charge in [0.15, 0.2) is 0 Å². The zero-order chi connectivity index (χ0) is 47.9. The molecule has 34 heteroatoms.